The van der Waals surface area contributed by atoms with Crippen LogP contribution in [0.4, 0.5) is 0 Å². The highest BCUT2D eigenvalue weighted by molar-refractivity contribution is 7.10. The van der Waals surface area contributed by atoms with Gasteiger partial charge >= 0.3 is 0 Å². The van der Waals surface area contributed by atoms with Gasteiger partial charge < -0.3 is 4.90 Å². The minimum Gasteiger partial charge on any atom is -0.333 e. The molecule has 2 aromatic heterocycles. The third-order valence-corrected chi connectivity index (χ3v) is 4.97. The van der Waals surface area contributed by atoms with Crippen molar-refractivity contribution in [2.45, 2.75) is 25.3 Å². The summed E-state index contributed by atoms with van der Waals surface area (Å²) in [6.07, 6.45) is 4.48. The molecule has 0 N–H and O–H groups in total. The Kier molecular flexibility index (Phi) is 3.43. The molecule has 3 heterocycles. The smallest absolute Gasteiger partial charge is 0.228 e. The fourth-order valence-electron chi connectivity index (χ4n) is 2.38. The number of thiophene rings is 1. The van der Waals surface area contributed by atoms with Gasteiger partial charge in [0, 0.05) is 23.0 Å². The predicted molar refractivity (Wildman–Crippen MR) is 73.8 cm³/mol. The van der Waals surface area contributed by atoms with Gasteiger partial charge in [0.15, 0.2) is 0 Å². The fraction of sp³-hybridized carbons (Fsp3) is 0.385. The van der Waals surface area contributed by atoms with E-state index in [1.807, 2.05) is 34.0 Å². The highest BCUT2D eigenvalue weighted by Gasteiger charge is 2.31. The van der Waals surface area contributed by atoms with Crippen molar-refractivity contribution in [3.05, 3.63) is 39.0 Å². The molecule has 94 valence electrons. The van der Waals surface area contributed by atoms with E-state index in [0.717, 1.165) is 29.3 Å². The number of hydrogen-bond acceptors (Lipinski definition) is 4. The molecule has 18 heavy (non-hydrogen) atoms. The summed E-state index contributed by atoms with van der Waals surface area (Å²) in [6.45, 7) is 0.869. The second-order valence-electron chi connectivity index (χ2n) is 4.37. The first kappa shape index (κ1) is 11.9. The molecule has 0 radical (unpaired) electrons. The summed E-state index contributed by atoms with van der Waals surface area (Å²) in [5.41, 5.74) is 0. The molecule has 1 unspecified atom stereocenters. The van der Waals surface area contributed by atoms with E-state index in [1.165, 1.54) is 0 Å². The number of amides is 1. The van der Waals surface area contributed by atoms with Crippen LogP contribution in [0.25, 0.3) is 0 Å². The van der Waals surface area contributed by atoms with Crippen LogP contribution >= 0.6 is 22.7 Å². The Bertz CT molecular complexity index is 507. The Morgan fingerprint density at radius 1 is 1.44 bits per heavy atom. The highest BCUT2D eigenvalue weighted by Crippen LogP contribution is 2.33. The number of carbonyl (C=O) groups excluding carboxylic acids is 1. The van der Waals surface area contributed by atoms with Gasteiger partial charge in [0.05, 0.1) is 12.5 Å². The lowest BCUT2D eigenvalue weighted by molar-refractivity contribution is -0.131. The Morgan fingerprint density at radius 3 is 3.11 bits per heavy atom. The number of thiazole rings is 1. The minimum atomic E-state index is 0.206. The standard InChI is InChI=1S/C13H14N2OS2/c16-12(9-10-3-2-7-17-10)15-6-1-4-11(15)13-14-5-8-18-13/h2-3,5,7-8,11H,1,4,6,9H2. The van der Waals surface area contributed by atoms with Gasteiger partial charge in [0.1, 0.15) is 5.01 Å². The van der Waals surface area contributed by atoms with E-state index in [9.17, 15) is 4.79 Å². The zero-order valence-electron chi connectivity index (χ0n) is 9.91. The van der Waals surface area contributed by atoms with E-state index in [0.29, 0.717) is 6.42 Å². The molecule has 1 fully saturated rings. The highest BCUT2D eigenvalue weighted by atomic mass is 32.1. The molecule has 1 aliphatic heterocycles. The molecular weight excluding hydrogens is 264 g/mol. The Morgan fingerprint density at radius 2 is 2.39 bits per heavy atom. The van der Waals surface area contributed by atoms with Gasteiger partial charge in [-0.25, -0.2) is 4.98 Å². The van der Waals surface area contributed by atoms with Crippen LogP contribution < -0.4 is 0 Å². The second kappa shape index (κ2) is 5.20. The van der Waals surface area contributed by atoms with Gasteiger partial charge in [0.25, 0.3) is 0 Å². The van der Waals surface area contributed by atoms with Crippen molar-refractivity contribution < 1.29 is 4.79 Å². The van der Waals surface area contributed by atoms with Crippen molar-refractivity contribution in [2.24, 2.45) is 0 Å². The zero-order chi connectivity index (χ0) is 12.4. The van der Waals surface area contributed by atoms with E-state index in [2.05, 4.69) is 4.98 Å². The molecule has 0 aliphatic carbocycles. The van der Waals surface area contributed by atoms with E-state index in [-0.39, 0.29) is 11.9 Å². The van der Waals surface area contributed by atoms with E-state index in [4.69, 9.17) is 0 Å². The van der Waals surface area contributed by atoms with Crippen LogP contribution in [-0.4, -0.2) is 22.3 Å². The Hall–Kier alpha value is -1.20. The van der Waals surface area contributed by atoms with E-state index in [1.54, 1.807) is 22.7 Å². The molecule has 1 saturated heterocycles. The van der Waals surface area contributed by atoms with Crippen molar-refractivity contribution in [1.82, 2.24) is 9.88 Å². The molecule has 0 spiro atoms. The van der Waals surface area contributed by atoms with Crippen LogP contribution in [0.5, 0.6) is 0 Å². The molecule has 1 aliphatic rings. The molecular formula is C13H14N2OS2. The summed E-state index contributed by atoms with van der Waals surface area (Å²) < 4.78 is 0. The molecule has 5 heteroatoms. The van der Waals surface area contributed by atoms with E-state index < -0.39 is 0 Å². The van der Waals surface area contributed by atoms with Crippen LogP contribution in [0.15, 0.2) is 29.1 Å². The summed E-state index contributed by atoms with van der Waals surface area (Å²) in [4.78, 5) is 19.8. The number of nitrogens with zero attached hydrogens (tertiary/aromatic N) is 2. The molecule has 2 aromatic rings. The van der Waals surface area contributed by atoms with Gasteiger partial charge in [-0.3, -0.25) is 4.79 Å². The maximum absolute atomic E-state index is 12.3. The number of likely N-dealkylation sites (tertiary alicyclic amines) is 1. The van der Waals surface area contributed by atoms with E-state index >= 15 is 0 Å². The zero-order valence-corrected chi connectivity index (χ0v) is 11.5. The van der Waals surface area contributed by atoms with Crippen LogP contribution in [0, 0.1) is 0 Å². The van der Waals surface area contributed by atoms with Gasteiger partial charge in [-0.2, -0.15) is 0 Å². The average molecular weight is 278 g/mol. The van der Waals surface area contributed by atoms with Gasteiger partial charge in [-0.05, 0) is 24.3 Å². The second-order valence-corrected chi connectivity index (χ2v) is 6.33. The Labute approximate surface area is 114 Å². The quantitative estimate of drug-likeness (QED) is 0.864. The normalized spacial score (nSPS) is 19.3. The largest absolute Gasteiger partial charge is 0.333 e. The summed E-state index contributed by atoms with van der Waals surface area (Å²) in [5, 5.41) is 5.08. The molecule has 0 bridgehead atoms. The topological polar surface area (TPSA) is 33.2 Å². The summed E-state index contributed by atoms with van der Waals surface area (Å²) in [7, 11) is 0. The van der Waals surface area contributed by atoms with Crippen molar-refractivity contribution in [1.29, 1.82) is 0 Å². The summed E-state index contributed by atoms with van der Waals surface area (Å²) >= 11 is 3.30. The number of rotatable bonds is 3. The SMILES string of the molecule is O=C(Cc1cccs1)N1CCCC1c1nccs1. The maximum Gasteiger partial charge on any atom is 0.228 e. The lowest BCUT2D eigenvalue weighted by Gasteiger charge is -2.22. The van der Waals surface area contributed by atoms with Crippen molar-refractivity contribution in [2.75, 3.05) is 6.54 Å². The number of carbonyl (C=O) groups is 1. The van der Waals surface area contributed by atoms with Crippen molar-refractivity contribution in [3.8, 4) is 0 Å². The molecule has 0 aromatic carbocycles. The van der Waals surface area contributed by atoms with Crippen LogP contribution in [-0.2, 0) is 11.2 Å². The number of aromatic nitrogens is 1. The third-order valence-electron chi connectivity index (χ3n) is 3.22. The fourth-order valence-corrected chi connectivity index (χ4v) is 3.87. The monoisotopic (exact) mass is 278 g/mol. The van der Waals surface area contributed by atoms with Crippen LogP contribution in [0.3, 0.4) is 0 Å². The van der Waals surface area contributed by atoms with Crippen molar-refractivity contribution in [3.63, 3.8) is 0 Å². The van der Waals surface area contributed by atoms with Gasteiger partial charge in [-0.1, -0.05) is 6.07 Å². The Balaban J connectivity index is 1.73. The first-order valence-electron chi connectivity index (χ1n) is 6.06. The molecule has 3 rings (SSSR count). The minimum absolute atomic E-state index is 0.206. The first-order chi connectivity index (χ1) is 8.84. The lowest BCUT2D eigenvalue weighted by atomic mass is 10.2. The molecule has 0 saturated carbocycles. The van der Waals surface area contributed by atoms with Crippen molar-refractivity contribution >= 4 is 28.6 Å². The molecule has 1 amide bonds. The molecule has 1 atom stereocenters. The predicted octanol–water partition coefficient (Wildman–Crippen LogP) is 3.11. The van der Waals surface area contributed by atoms with Gasteiger partial charge in [0.2, 0.25) is 5.91 Å². The van der Waals surface area contributed by atoms with Crippen LogP contribution in [0.2, 0.25) is 0 Å². The average Bonchev–Trinajstić information content (AvgIpc) is 3.11. The summed E-state index contributed by atoms with van der Waals surface area (Å²) in [6, 6.07) is 4.23. The maximum atomic E-state index is 12.3. The van der Waals surface area contributed by atoms with Crippen LogP contribution in [0.1, 0.15) is 28.8 Å². The molecule has 3 nitrogen and oxygen atoms in total. The lowest BCUT2D eigenvalue weighted by Crippen LogP contribution is -2.31. The third kappa shape index (κ3) is 2.33. The van der Waals surface area contributed by atoms with Gasteiger partial charge in [-0.15, -0.1) is 22.7 Å². The first-order valence-corrected chi connectivity index (χ1v) is 7.82. The number of hydrogen-bond donors (Lipinski definition) is 0. The summed E-state index contributed by atoms with van der Waals surface area (Å²) in [5.74, 6) is 0.232.